The minimum absolute atomic E-state index is 0.0267. The molecule has 2 rings (SSSR count). The number of amides is 1. The van der Waals surface area contributed by atoms with Crippen LogP contribution in [0.25, 0.3) is 0 Å². The number of β-amino-alcohol motifs (C(OH)–C–C–N with tert-alkyl or cyclic N) is 1. The topological polar surface area (TPSA) is 53.4 Å². The first-order valence-electron chi connectivity index (χ1n) is 5.68. The van der Waals surface area contributed by atoms with Gasteiger partial charge in [-0.2, -0.15) is 0 Å². The van der Waals surface area contributed by atoms with Gasteiger partial charge in [-0.3, -0.25) is 4.79 Å². The van der Waals surface area contributed by atoms with Crippen molar-refractivity contribution in [1.29, 1.82) is 0 Å². The summed E-state index contributed by atoms with van der Waals surface area (Å²) in [6, 6.07) is 3.56. The summed E-state index contributed by atoms with van der Waals surface area (Å²) in [4.78, 5) is 18.2. The molecule has 1 aliphatic heterocycles. The molecule has 0 saturated carbocycles. The molecule has 1 atom stereocenters. The summed E-state index contributed by atoms with van der Waals surface area (Å²) in [5.41, 5.74) is 0.633. The highest BCUT2D eigenvalue weighted by molar-refractivity contribution is 7.98. The van der Waals surface area contributed by atoms with Crippen molar-refractivity contribution in [3.8, 4) is 0 Å². The maximum atomic E-state index is 12.3. The van der Waals surface area contributed by atoms with Crippen LogP contribution in [-0.2, 0) is 0 Å². The van der Waals surface area contributed by atoms with Gasteiger partial charge in [0, 0.05) is 19.3 Å². The summed E-state index contributed by atoms with van der Waals surface area (Å²) in [6.45, 7) is 1.15. The molecule has 2 heterocycles. The third kappa shape index (κ3) is 2.79. The molecule has 1 aromatic rings. The Labute approximate surface area is 105 Å². The number of likely N-dealkylation sites (tertiary alicyclic amines) is 1. The highest BCUT2D eigenvalue weighted by Crippen LogP contribution is 2.20. The molecular formula is C12H16N2O2S. The van der Waals surface area contributed by atoms with Gasteiger partial charge in [0.25, 0.3) is 5.91 Å². The highest BCUT2D eigenvalue weighted by atomic mass is 32.2. The molecule has 17 heavy (non-hydrogen) atoms. The van der Waals surface area contributed by atoms with Gasteiger partial charge in [0.2, 0.25) is 0 Å². The lowest BCUT2D eigenvalue weighted by atomic mass is 10.1. The second-order valence-corrected chi connectivity index (χ2v) is 4.90. The number of aliphatic hydroxyl groups excluding tert-OH is 1. The molecule has 1 saturated heterocycles. The van der Waals surface area contributed by atoms with E-state index in [-0.39, 0.29) is 12.0 Å². The molecule has 4 nitrogen and oxygen atoms in total. The predicted molar refractivity (Wildman–Crippen MR) is 67.2 cm³/mol. The maximum absolute atomic E-state index is 12.3. The highest BCUT2D eigenvalue weighted by Gasteiger charge is 2.24. The largest absolute Gasteiger partial charge is 0.391 e. The van der Waals surface area contributed by atoms with Gasteiger partial charge in [0.05, 0.1) is 11.7 Å². The first-order valence-corrected chi connectivity index (χ1v) is 6.91. The Bertz CT molecular complexity index is 411. The van der Waals surface area contributed by atoms with Gasteiger partial charge in [-0.15, -0.1) is 11.8 Å². The lowest BCUT2D eigenvalue weighted by Gasteiger charge is -2.30. The van der Waals surface area contributed by atoms with Crippen molar-refractivity contribution in [2.24, 2.45) is 0 Å². The Hall–Kier alpha value is -1.07. The third-order valence-corrected chi connectivity index (χ3v) is 3.59. The van der Waals surface area contributed by atoms with Crippen molar-refractivity contribution in [1.82, 2.24) is 9.88 Å². The van der Waals surface area contributed by atoms with Crippen LogP contribution < -0.4 is 0 Å². The number of pyridine rings is 1. The van der Waals surface area contributed by atoms with Gasteiger partial charge in [-0.05, 0) is 31.2 Å². The maximum Gasteiger partial charge on any atom is 0.256 e. The number of aliphatic hydroxyl groups is 1. The number of hydrogen-bond acceptors (Lipinski definition) is 4. The number of aromatic nitrogens is 1. The molecule has 1 fully saturated rings. The monoisotopic (exact) mass is 252 g/mol. The zero-order valence-corrected chi connectivity index (χ0v) is 10.6. The SMILES string of the molecule is CSc1ncccc1C(=O)N1CCC[C@H](O)C1. The Morgan fingerprint density at radius 2 is 2.47 bits per heavy atom. The van der Waals surface area contributed by atoms with Crippen LogP contribution in [0.5, 0.6) is 0 Å². The Kier molecular flexibility index (Phi) is 4.02. The van der Waals surface area contributed by atoms with Crippen molar-refractivity contribution in [3.63, 3.8) is 0 Å². The molecule has 0 radical (unpaired) electrons. The number of carbonyl (C=O) groups excluding carboxylic acids is 1. The molecule has 1 amide bonds. The molecular weight excluding hydrogens is 236 g/mol. The summed E-state index contributed by atoms with van der Waals surface area (Å²) in [5.74, 6) is -0.0267. The Morgan fingerprint density at radius 3 is 3.18 bits per heavy atom. The minimum Gasteiger partial charge on any atom is -0.391 e. The van der Waals surface area contributed by atoms with E-state index in [9.17, 15) is 9.90 Å². The number of rotatable bonds is 2. The molecule has 0 unspecified atom stereocenters. The number of piperidine rings is 1. The molecule has 0 aromatic carbocycles. The van der Waals surface area contributed by atoms with Gasteiger partial charge < -0.3 is 10.0 Å². The van der Waals surface area contributed by atoms with Gasteiger partial charge in [0.15, 0.2) is 0 Å². The van der Waals surface area contributed by atoms with Crippen molar-refractivity contribution >= 4 is 17.7 Å². The van der Waals surface area contributed by atoms with Gasteiger partial charge >= 0.3 is 0 Å². The first-order chi connectivity index (χ1) is 8.22. The molecule has 1 N–H and O–H groups in total. The van der Waals surface area contributed by atoms with Crippen LogP contribution >= 0.6 is 11.8 Å². The minimum atomic E-state index is -0.387. The summed E-state index contributed by atoms with van der Waals surface area (Å²) in [5, 5.41) is 10.3. The number of thioether (sulfide) groups is 1. The van der Waals surface area contributed by atoms with E-state index in [1.165, 1.54) is 11.8 Å². The van der Waals surface area contributed by atoms with Crippen LogP contribution in [0.15, 0.2) is 23.4 Å². The van der Waals surface area contributed by atoms with Gasteiger partial charge in [0.1, 0.15) is 5.03 Å². The fraction of sp³-hybridized carbons (Fsp3) is 0.500. The lowest BCUT2D eigenvalue weighted by Crippen LogP contribution is -2.42. The summed E-state index contributed by atoms with van der Waals surface area (Å²) in [6.07, 6.45) is 4.85. The van der Waals surface area contributed by atoms with Crippen LogP contribution in [-0.4, -0.2) is 46.3 Å². The quantitative estimate of drug-likeness (QED) is 0.808. The summed E-state index contributed by atoms with van der Waals surface area (Å²) in [7, 11) is 0. The number of hydrogen-bond donors (Lipinski definition) is 1. The van der Waals surface area contributed by atoms with E-state index in [0.717, 1.165) is 24.4 Å². The van der Waals surface area contributed by atoms with E-state index in [4.69, 9.17) is 0 Å². The van der Waals surface area contributed by atoms with Crippen LogP contribution in [0, 0.1) is 0 Å². The van der Waals surface area contributed by atoms with E-state index >= 15 is 0 Å². The molecule has 0 spiro atoms. The van der Waals surface area contributed by atoms with E-state index < -0.39 is 0 Å². The summed E-state index contributed by atoms with van der Waals surface area (Å²) >= 11 is 1.47. The fourth-order valence-corrected chi connectivity index (χ4v) is 2.57. The smallest absolute Gasteiger partial charge is 0.256 e. The molecule has 0 bridgehead atoms. The average Bonchev–Trinajstić information content (AvgIpc) is 2.38. The van der Waals surface area contributed by atoms with Gasteiger partial charge in [-0.1, -0.05) is 0 Å². The summed E-state index contributed by atoms with van der Waals surface area (Å²) < 4.78 is 0. The Balaban J connectivity index is 2.18. The van der Waals surface area contributed by atoms with Crippen molar-refractivity contribution < 1.29 is 9.90 Å². The van der Waals surface area contributed by atoms with Crippen molar-refractivity contribution in [3.05, 3.63) is 23.9 Å². The van der Waals surface area contributed by atoms with Crippen LogP contribution in [0.1, 0.15) is 23.2 Å². The van der Waals surface area contributed by atoms with Gasteiger partial charge in [-0.25, -0.2) is 4.98 Å². The third-order valence-electron chi connectivity index (χ3n) is 2.88. The van der Waals surface area contributed by atoms with Crippen LogP contribution in [0.2, 0.25) is 0 Å². The molecule has 1 aliphatic rings. The van der Waals surface area contributed by atoms with Crippen molar-refractivity contribution in [2.75, 3.05) is 19.3 Å². The average molecular weight is 252 g/mol. The van der Waals surface area contributed by atoms with Crippen LogP contribution in [0.4, 0.5) is 0 Å². The molecule has 0 aliphatic carbocycles. The van der Waals surface area contributed by atoms with E-state index in [0.29, 0.717) is 12.1 Å². The molecule has 1 aromatic heterocycles. The predicted octanol–water partition coefficient (Wildman–Crippen LogP) is 1.40. The number of nitrogens with zero attached hydrogens (tertiary/aromatic N) is 2. The zero-order valence-electron chi connectivity index (χ0n) is 9.80. The zero-order chi connectivity index (χ0) is 12.3. The molecule has 5 heteroatoms. The van der Waals surface area contributed by atoms with E-state index in [1.54, 1.807) is 23.2 Å². The number of carbonyl (C=O) groups is 1. The second kappa shape index (κ2) is 5.51. The van der Waals surface area contributed by atoms with E-state index in [1.807, 2.05) is 6.26 Å². The van der Waals surface area contributed by atoms with E-state index in [2.05, 4.69) is 4.98 Å². The Morgan fingerprint density at radius 1 is 1.65 bits per heavy atom. The fourth-order valence-electron chi connectivity index (χ4n) is 2.03. The van der Waals surface area contributed by atoms with Crippen LogP contribution in [0.3, 0.4) is 0 Å². The normalized spacial score (nSPS) is 20.4. The lowest BCUT2D eigenvalue weighted by molar-refractivity contribution is 0.0470. The van der Waals surface area contributed by atoms with Crippen molar-refractivity contribution in [2.45, 2.75) is 24.0 Å². The standard InChI is InChI=1S/C12H16N2O2S/c1-17-11-10(5-2-6-13-11)12(16)14-7-3-4-9(15)8-14/h2,5-6,9,15H,3-4,7-8H2,1H3/t9-/m0/s1. The second-order valence-electron chi connectivity index (χ2n) is 4.11. The first kappa shape index (κ1) is 12.4. The molecule has 92 valence electrons.